The van der Waals surface area contributed by atoms with Crippen LogP contribution in [0, 0.1) is 0 Å². The number of rotatable bonds is 3. The van der Waals surface area contributed by atoms with E-state index in [4.69, 9.17) is 0 Å². The fraction of sp³-hybridized carbons (Fsp3) is 0.176. The quantitative estimate of drug-likeness (QED) is 0.916. The van der Waals surface area contributed by atoms with Crippen LogP contribution in [0.25, 0.3) is 0 Å². The second-order valence-corrected chi connectivity index (χ2v) is 5.94. The number of para-hydroxylation sites is 1. The van der Waals surface area contributed by atoms with Gasteiger partial charge in [-0.1, -0.05) is 30.3 Å². The molecule has 1 aliphatic heterocycles. The molecule has 5 heteroatoms. The summed E-state index contributed by atoms with van der Waals surface area (Å²) in [6, 6.07) is 15.0. The average molecular weight is 359 g/mol. The van der Waals surface area contributed by atoms with Crippen molar-refractivity contribution in [2.24, 2.45) is 0 Å². The molecule has 4 nitrogen and oxygen atoms in total. The minimum absolute atomic E-state index is 0.00545. The van der Waals surface area contributed by atoms with Crippen LogP contribution < -0.4 is 10.2 Å². The number of nitrogens with one attached hydrogen (secondary N) is 1. The molecule has 3 rings (SSSR count). The van der Waals surface area contributed by atoms with Crippen molar-refractivity contribution >= 4 is 33.4 Å². The first-order valence-corrected chi connectivity index (χ1v) is 7.87. The lowest BCUT2D eigenvalue weighted by Crippen LogP contribution is -2.39. The first-order valence-electron chi connectivity index (χ1n) is 7.08. The smallest absolute Gasteiger partial charge is 0.252 e. The van der Waals surface area contributed by atoms with Crippen molar-refractivity contribution in [2.75, 3.05) is 18.0 Å². The molecule has 0 spiro atoms. The van der Waals surface area contributed by atoms with Gasteiger partial charge in [-0.05, 0) is 46.1 Å². The van der Waals surface area contributed by atoms with Gasteiger partial charge in [-0.3, -0.25) is 9.59 Å². The van der Waals surface area contributed by atoms with Gasteiger partial charge in [0.05, 0.1) is 12.1 Å². The Balaban J connectivity index is 1.64. The number of halogens is 1. The summed E-state index contributed by atoms with van der Waals surface area (Å²) < 4.78 is 0.714. The largest absolute Gasteiger partial charge is 0.343 e. The number of hydrogen-bond acceptors (Lipinski definition) is 2. The number of anilines is 1. The van der Waals surface area contributed by atoms with Crippen molar-refractivity contribution in [2.45, 2.75) is 6.42 Å². The molecule has 2 aromatic carbocycles. The van der Waals surface area contributed by atoms with Gasteiger partial charge in [-0.2, -0.15) is 0 Å². The summed E-state index contributed by atoms with van der Waals surface area (Å²) in [4.78, 5) is 26.2. The monoisotopic (exact) mass is 358 g/mol. The standard InChI is InChI=1S/C17H15BrN2O2/c18-14-7-3-2-6-13(14)17(22)19-11-16(21)20-10-9-12-5-1-4-8-15(12)20/h1-8H,9-11H2,(H,19,22). The maximum Gasteiger partial charge on any atom is 0.252 e. The highest BCUT2D eigenvalue weighted by atomic mass is 79.9. The first-order chi connectivity index (χ1) is 10.7. The summed E-state index contributed by atoms with van der Waals surface area (Å²) in [6.45, 7) is 0.664. The van der Waals surface area contributed by atoms with Crippen LogP contribution in [0.4, 0.5) is 5.69 Å². The van der Waals surface area contributed by atoms with Crippen molar-refractivity contribution in [1.82, 2.24) is 5.32 Å². The molecule has 112 valence electrons. The summed E-state index contributed by atoms with van der Waals surface area (Å²) >= 11 is 3.34. The van der Waals surface area contributed by atoms with Gasteiger partial charge < -0.3 is 10.2 Å². The summed E-state index contributed by atoms with van der Waals surface area (Å²) in [6.07, 6.45) is 0.861. The van der Waals surface area contributed by atoms with Crippen molar-refractivity contribution in [3.05, 3.63) is 64.1 Å². The zero-order chi connectivity index (χ0) is 15.5. The molecule has 22 heavy (non-hydrogen) atoms. The maximum atomic E-state index is 12.3. The molecule has 1 heterocycles. The number of amides is 2. The lowest BCUT2D eigenvalue weighted by atomic mass is 10.2. The van der Waals surface area contributed by atoms with Crippen LogP contribution in [-0.4, -0.2) is 24.9 Å². The van der Waals surface area contributed by atoms with Gasteiger partial charge in [0.25, 0.3) is 5.91 Å². The van der Waals surface area contributed by atoms with Crippen LogP contribution in [0.2, 0.25) is 0 Å². The second kappa shape index (κ2) is 6.32. The van der Waals surface area contributed by atoms with E-state index in [9.17, 15) is 9.59 Å². The predicted octanol–water partition coefficient (Wildman–Crippen LogP) is 2.77. The minimum atomic E-state index is -0.256. The molecule has 0 fully saturated rings. The number of fused-ring (bicyclic) bond motifs is 1. The fourth-order valence-electron chi connectivity index (χ4n) is 2.59. The van der Waals surface area contributed by atoms with Crippen LogP contribution >= 0.6 is 15.9 Å². The Bertz CT molecular complexity index is 730. The van der Waals surface area contributed by atoms with E-state index >= 15 is 0 Å². The van der Waals surface area contributed by atoms with Crippen LogP contribution in [0.15, 0.2) is 53.0 Å². The molecule has 2 amide bonds. The molecule has 0 radical (unpaired) electrons. The Hall–Kier alpha value is -2.14. The van der Waals surface area contributed by atoms with Crippen molar-refractivity contribution in [3.8, 4) is 0 Å². The SMILES string of the molecule is O=C(NCC(=O)N1CCc2ccccc21)c1ccccc1Br. The third-order valence-corrected chi connectivity index (χ3v) is 4.40. The van der Waals surface area contributed by atoms with Crippen molar-refractivity contribution < 1.29 is 9.59 Å². The molecule has 0 atom stereocenters. The number of carbonyl (C=O) groups excluding carboxylic acids is 2. The number of carbonyl (C=O) groups is 2. The Labute approximate surface area is 137 Å². The van der Waals surface area contributed by atoms with Crippen LogP contribution in [0.1, 0.15) is 15.9 Å². The third kappa shape index (κ3) is 2.90. The van der Waals surface area contributed by atoms with E-state index in [-0.39, 0.29) is 18.4 Å². The topological polar surface area (TPSA) is 49.4 Å². The zero-order valence-corrected chi connectivity index (χ0v) is 13.5. The van der Waals surface area contributed by atoms with E-state index in [1.165, 1.54) is 5.56 Å². The maximum absolute atomic E-state index is 12.3. The molecule has 2 aromatic rings. The summed E-state index contributed by atoms with van der Waals surface area (Å²) in [5.41, 5.74) is 2.65. The van der Waals surface area contributed by atoms with Gasteiger partial charge in [-0.25, -0.2) is 0 Å². The van der Waals surface area contributed by atoms with Crippen LogP contribution in [0.5, 0.6) is 0 Å². The van der Waals surface area contributed by atoms with E-state index in [1.54, 1.807) is 23.1 Å². The second-order valence-electron chi connectivity index (χ2n) is 5.09. The van der Waals surface area contributed by atoms with E-state index < -0.39 is 0 Å². The Morgan fingerprint density at radius 2 is 1.82 bits per heavy atom. The summed E-state index contributed by atoms with van der Waals surface area (Å²) in [7, 11) is 0. The summed E-state index contributed by atoms with van der Waals surface area (Å²) in [5, 5.41) is 2.69. The molecule has 1 aliphatic rings. The Kier molecular flexibility index (Phi) is 4.24. The molecular weight excluding hydrogens is 344 g/mol. The van der Waals surface area contributed by atoms with Gasteiger partial charge in [-0.15, -0.1) is 0 Å². The molecule has 0 saturated heterocycles. The zero-order valence-electron chi connectivity index (χ0n) is 11.9. The lowest BCUT2D eigenvalue weighted by Gasteiger charge is -2.17. The summed E-state index contributed by atoms with van der Waals surface area (Å²) in [5.74, 6) is -0.348. The Morgan fingerprint density at radius 3 is 2.64 bits per heavy atom. The van der Waals surface area contributed by atoms with Crippen LogP contribution in [0.3, 0.4) is 0 Å². The van der Waals surface area contributed by atoms with Gasteiger partial charge in [0, 0.05) is 16.7 Å². The molecular formula is C17H15BrN2O2. The number of benzene rings is 2. The van der Waals surface area contributed by atoms with Gasteiger partial charge in [0.2, 0.25) is 5.91 Å². The van der Waals surface area contributed by atoms with E-state index in [2.05, 4.69) is 21.2 Å². The van der Waals surface area contributed by atoms with Gasteiger partial charge in [0.15, 0.2) is 0 Å². The lowest BCUT2D eigenvalue weighted by molar-refractivity contribution is -0.117. The minimum Gasteiger partial charge on any atom is -0.343 e. The van der Waals surface area contributed by atoms with E-state index in [1.807, 2.05) is 30.3 Å². The molecule has 0 bridgehead atoms. The molecule has 0 aromatic heterocycles. The molecule has 0 saturated carbocycles. The number of nitrogens with zero attached hydrogens (tertiary/aromatic N) is 1. The molecule has 1 N–H and O–H groups in total. The fourth-order valence-corrected chi connectivity index (χ4v) is 3.05. The van der Waals surface area contributed by atoms with E-state index in [0.717, 1.165) is 12.1 Å². The molecule has 0 unspecified atom stereocenters. The van der Waals surface area contributed by atoms with Gasteiger partial charge in [0.1, 0.15) is 0 Å². The third-order valence-electron chi connectivity index (χ3n) is 3.71. The average Bonchev–Trinajstić information content (AvgIpc) is 2.97. The highest BCUT2D eigenvalue weighted by molar-refractivity contribution is 9.10. The first kappa shape index (κ1) is 14.8. The van der Waals surface area contributed by atoms with Gasteiger partial charge >= 0.3 is 0 Å². The van der Waals surface area contributed by atoms with E-state index in [0.29, 0.717) is 16.6 Å². The van der Waals surface area contributed by atoms with Crippen LogP contribution in [-0.2, 0) is 11.2 Å². The highest BCUT2D eigenvalue weighted by Gasteiger charge is 2.24. The van der Waals surface area contributed by atoms with Crippen molar-refractivity contribution in [3.63, 3.8) is 0 Å². The number of hydrogen-bond donors (Lipinski definition) is 1. The Morgan fingerprint density at radius 1 is 1.09 bits per heavy atom. The predicted molar refractivity (Wildman–Crippen MR) is 89.0 cm³/mol. The highest BCUT2D eigenvalue weighted by Crippen LogP contribution is 2.27. The van der Waals surface area contributed by atoms with Crippen molar-refractivity contribution in [1.29, 1.82) is 0 Å². The normalized spacial score (nSPS) is 12.9. The molecule has 0 aliphatic carbocycles.